The third-order valence-corrected chi connectivity index (χ3v) is 13.0. The van der Waals surface area contributed by atoms with E-state index in [0.717, 1.165) is 50.1 Å². The Hall–Kier alpha value is -8.20. The number of hydrogen-bond acceptors (Lipinski definition) is 2. The van der Waals surface area contributed by atoms with Crippen molar-refractivity contribution in [3.63, 3.8) is 0 Å². The average molecular weight is 804 g/mol. The largest absolute Gasteiger partial charge is 0.456 e. The Balaban J connectivity index is 1.04. The van der Waals surface area contributed by atoms with E-state index in [0.29, 0.717) is 0 Å². The molecule has 1 aliphatic carbocycles. The van der Waals surface area contributed by atoms with E-state index in [1.54, 1.807) is 0 Å². The first kappa shape index (κ1) is 36.6. The summed E-state index contributed by atoms with van der Waals surface area (Å²) < 4.78 is 6.31. The monoisotopic (exact) mass is 803 g/mol. The molecule has 0 amide bonds. The molecule has 0 radical (unpaired) electrons. The lowest BCUT2D eigenvalue weighted by Gasteiger charge is -2.34. The Morgan fingerprint density at radius 3 is 1.48 bits per heavy atom. The summed E-state index contributed by atoms with van der Waals surface area (Å²) in [5.74, 6) is 0. The summed E-state index contributed by atoms with van der Waals surface area (Å²) >= 11 is 0. The summed E-state index contributed by atoms with van der Waals surface area (Å²) in [7, 11) is 0. The van der Waals surface area contributed by atoms with Gasteiger partial charge in [0.15, 0.2) is 0 Å². The minimum absolute atomic E-state index is 0.514. The van der Waals surface area contributed by atoms with Gasteiger partial charge in [-0.25, -0.2) is 0 Å². The van der Waals surface area contributed by atoms with Gasteiger partial charge in [-0.2, -0.15) is 0 Å². The highest BCUT2D eigenvalue weighted by Gasteiger charge is 2.47. The molecule has 0 unspecified atom stereocenters. The van der Waals surface area contributed by atoms with E-state index in [9.17, 15) is 0 Å². The number of rotatable bonds is 8. The van der Waals surface area contributed by atoms with Crippen molar-refractivity contribution in [2.24, 2.45) is 0 Å². The third kappa shape index (κ3) is 5.95. The van der Waals surface area contributed by atoms with Crippen LogP contribution < -0.4 is 4.90 Å². The number of anilines is 3. The molecule has 10 aromatic carbocycles. The van der Waals surface area contributed by atoms with E-state index < -0.39 is 5.41 Å². The highest BCUT2D eigenvalue weighted by molar-refractivity contribution is 6.06. The fraction of sp³-hybridized carbons (Fsp3) is 0.0164. The van der Waals surface area contributed by atoms with Crippen molar-refractivity contribution < 1.29 is 4.42 Å². The van der Waals surface area contributed by atoms with Crippen LogP contribution in [0, 0.1) is 0 Å². The molecule has 1 heterocycles. The van der Waals surface area contributed by atoms with Crippen LogP contribution in [0.3, 0.4) is 0 Å². The van der Waals surface area contributed by atoms with Crippen molar-refractivity contribution >= 4 is 39.0 Å². The minimum Gasteiger partial charge on any atom is -0.456 e. The molecule has 296 valence electrons. The maximum Gasteiger partial charge on any atom is 0.136 e. The topological polar surface area (TPSA) is 16.4 Å². The normalized spacial score (nSPS) is 12.6. The SMILES string of the molecule is c1ccc(-c2ccccc2-c2ccc(N(c3ccc(-c4ccc5c(c4)oc4ccccc45)cc3)c3cccc4c3-c3ccccc3C4(c3ccccc3)c3ccccc3)cc2)cc1. The highest BCUT2D eigenvalue weighted by Crippen LogP contribution is 2.59. The molecule has 0 atom stereocenters. The summed E-state index contributed by atoms with van der Waals surface area (Å²) in [5, 5.41) is 2.27. The molecule has 0 saturated carbocycles. The van der Waals surface area contributed by atoms with Crippen molar-refractivity contribution in [3.05, 3.63) is 271 Å². The van der Waals surface area contributed by atoms with Crippen LogP contribution in [-0.2, 0) is 5.41 Å². The van der Waals surface area contributed by atoms with Crippen LogP contribution in [0.25, 0.3) is 66.4 Å². The van der Waals surface area contributed by atoms with Crippen LogP contribution in [0.5, 0.6) is 0 Å². The van der Waals surface area contributed by atoms with Crippen LogP contribution in [0.4, 0.5) is 17.1 Å². The summed E-state index contributed by atoms with van der Waals surface area (Å²) in [5.41, 5.74) is 19.1. The highest BCUT2D eigenvalue weighted by atomic mass is 16.3. The molecular formula is C61H41NO. The van der Waals surface area contributed by atoms with Gasteiger partial charge in [0.1, 0.15) is 11.2 Å². The standard InChI is InChI=1S/C61H41NO/c1-4-17-43(18-5-1)50-23-10-11-24-51(50)44-33-38-49(39-34-44)62(48-36-31-42(32-37-48)45-35-40-53-52-25-13-15-30-58(52)63-59(53)41-45)57-29-16-28-56-60(57)54-26-12-14-27-55(54)61(56,46-19-6-2-7-20-46)47-21-8-3-9-22-47/h1-41H. The van der Waals surface area contributed by atoms with E-state index >= 15 is 0 Å². The third-order valence-electron chi connectivity index (χ3n) is 13.0. The number of benzene rings is 10. The predicted molar refractivity (Wildman–Crippen MR) is 262 cm³/mol. The van der Waals surface area contributed by atoms with Gasteiger partial charge in [0.2, 0.25) is 0 Å². The second-order valence-electron chi connectivity index (χ2n) is 16.4. The zero-order valence-electron chi connectivity index (χ0n) is 34.5. The number of furan rings is 1. The Labute approximate surface area is 367 Å². The molecule has 0 N–H and O–H groups in total. The van der Waals surface area contributed by atoms with E-state index in [2.05, 4.69) is 241 Å². The van der Waals surface area contributed by atoms with E-state index in [4.69, 9.17) is 4.42 Å². The second kappa shape index (κ2) is 15.1. The van der Waals surface area contributed by atoms with Gasteiger partial charge in [-0.1, -0.05) is 200 Å². The van der Waals surface area contributed by atoms with Crippen molar-refractivity contribution in [2.75, 3.05) is 4.90 Å². The molecule has 0 fully saturated rings. The van der Waals surface area contributed by atoms with Crippen LogP contribution >= 0.6 is 0 Å². The summed E-state index contributed by atoms with van der Waals surface area (Å²) in [6, 6.07) is 90.2. The van der Waals surface area contributed by atoms with Gasteiger partial charge in [0.25, 0.3) is 0 Å². The second-order valence-corrected chi connectivity index (χ2v) is 16.4. The van der Waals surface area contributed by atoms with Gasteiger partial charge in [-0.3, -0.25) is 0 Å². The Morgan fingerprint density at radius 1 is 0.317 bits per heavy atom. The quantitative estimate of drug-likeness (QED) is 0.152. The molecule has 63 heavy (non-hydrogen) atoms. The molecule has 0 aliphatic heterocycles. The number of nitrogens with zero attached hydrogens (tertiary/aromatic N) is 1. The van der Waals surface area contributed by atoms with Crippen LogP contribution in [-0.4, -0.2) is 0 Å². The lowest BCUT2D eigenvalue weighted by atomic mass is 9.68. The van der Waals surface area contributed by atoms with E-state index in [-0.39, 0.29) is 0 Å². The van der Waals surface area contributed by atoms with Crippen LogP contribution in [0.15, 0.2) is 253 Å². The molecule has 1 aromatic heterocycles. The Kier molecular flexibility index (Phi) is 8.76. The summed E-state index contributed by atoms with van der Waals surface area (Å²) in [6.45, 7) is 0. The van der Waals surface area contributed by atoms with Gasteiger partial charge < -0.3 is 9.32 Å². The van der Waals surface area contributed by atoms with Gasteiger partial charge in [-0.05, 0) is 110 Å². The van der Waals surface area contributed by atoms with Crippen molar-refractivity contribution in [1.82, 2.24) is 0 Å². The first-order chi connectivity index (χ1) is 31.3. The van der Waals surface area contributed by atoms with Crippen molar-refractivity contribution in [1.29, 1.82) is 0 Å². The maximum absolute atomic E-state index is 6.31. The van der Waals surface area contributed by atoms with E-state index in [1.807, 2.05) is 12.1 Å². The first-order valence-corrected chi connectivity index (χ1v) is 21.7. The number of para-hydroxylation sites is 1. The van der Waals surface area contributed by atoms with Crippen LogP contribution in [0.1, 0.15) is 22.3 Å². The van der Waals surface area contributed by atoms with E-state index in [1.165, 1.54) is 55.6 Å². The molecule has 12 rings (SSSR count). The van der Waals surface area contributed by atoms with Gasteiger partial charge >= 0.3 is 0 Å². The molecule has 0 saturated heterocycles. The van der Waals surface area contributed by atoms with Gasteiger partial charge in [0, 0.05) is 27.7 Å². The van der Waals surface area contributed by atoms with Crippen molar-refractivity contribution in [3.8, 4) is 44.5 Å². The zero-order valence-corrected chi connectivity index (χ0v) is 34.5. The molecule has 11 aromatic rings. The number of fused-ring (bicyclic) bond motifs is 6. The Bertz CT molecular complexity index is 3380. The predicted octanol–water partition coefficient (Wildman–Crippen LogP) is 16.4. The van der Waals surface area contributed by atoms with Gasteiger partial charge in [-0.15, -0.1) is 0 Å². The molecule has 2 heteroatoms. The minimum atomic E-state index is -0.514. The molecule has 0 bridgehead atoms. The molecular weight excluding hydrogens is 763 g/mol. The molecule has 1 aliphatic rings. The fourth-order valence-electron chi connectivity index (χ4n) is 10.2. The van der Waals surface area contributed by atoms with Gasteiger partial charge in [0.05, 0.1) is 11.1 Å². The van der Waals surface area contributed by atoms with Crippen LogP contribution in [0.2, 0.25) is 0 Å². The average Bonchev–Trinajstić information content (AvgIpc) is 3.89. The fourth-order valence-corrected chi connectivity index (χ4v) is 10.2. The molecule has 0 spiro atoms. The van der Waals surface area contributed by atoms with Crippen molar-refractivity contribution in [2.45, 2.75) is 5.41 Å². The summed E-state index contributed by atoms with van der Waals surface area (Å²) in [6.07, 6.45) is 0. The lowest BCUT2D eigenvalue weighted by molar-refractivity contribution is 0.669. The Morgan fingerprint density at radius 2 is 0.810 bits per heavy atom. The summed E-state index contributed by atoms with van der Waals surface area (Å²) in [4.78, 5) is 2.45. The maximum atomic E-state index is 6.31. The number of hydrogen-bond donors (Lipinski definition) is 0. The smallest absolute Gasteiger partial charge is 0.136 e. The lowest BCUT2D eigenvalue weighted by Crippen LogP contribution is -2.28. The zero-order chi connectivity index (χ0) is 41.7. The first-order valence-electron chi connectivity index (χ1n) is 21.7. The molecule has 2 nitrogen and oxygen atoms in total.